The summed E-state index contributed by atoms with van der Waals surface area (Å²) >= 11 is 0. The van der Waals surface area contributed by atoms with Crippen molar-refractivity contribution in [2.75, 3.05) is 19.7 Å². The molecular formula is C13H26N2O2. The molecule has 0 bridgehead atoms. The van der Waals surface area contributed by atoms with Crippen molar-refractivity contribution in [1.82, 2.24) is 10.6 Å². The van der Waals surface area contributed by atoms with Crippen LogP contribution in [0.15, 0.2) is 0 Å². The number of rotatable bonds is 6. The number of hydrogen-bond acceptors (Lipinski definition) is 3. The number of amides is 1. The zero-order valence-electron chi connectivity index (χ0n) is 11.3. The van der Waals surface area contributed by atoms with E-state index in [9.17, 15) is 4.79 Å². The minimum Gasteiger partial charge on any atom is -0.378 e. The number of carbonyl (C=O) groups excluding carboxylic acids is 1. The minimum atomic E-state index is 0.0813. The van der Waals surface area contributed by atoms with Gasteiger partial charge < -0.3 is 15.4 Å². The van der Waals surface area contributed by atoms with Crippen molar-refractivity contribution >= 4 is 5.91 Å². The van der Waals surface area contributed by atoms with Gasteiger partial charge in [-0.3, -0.25) is 4.79 Å². The molecule has 1 aliphatic rings. The Bertz CT molecular complexity index is 230. The Morgan fingerprint density at radius 2 is 2.12 bits per heavy atom. The Morgan fingerprint density at radius 1 is 1.35 bits per heavy atom. The molecular weight excluding hydrogens is 216 g/mol. The van der Waals surface area contributed by atoms with Crippen molar-refractivity contribution < 1.29 is 9.53 Å². The minimum absolute atomic E-state index is 0.0813. The van der Waals surface area contributed by atoms with E-state index < -0.39 is 0 Å². The van der Waals surface area contributed by atoms with Gasteiger partial charge in [0, 0.05) is 31.7 Å². The Balaban J connectivity index is 1.97. The van der Waals surface area contributed by atoms with Crippen LogP contribution in [0.4, 0.5) is 0 Å². The van der Waals surface area contributed by atoms with Crippen molar-refractivity contribution in [2.45, 2.75) is 58.1 Å². The quantitative estimate of drug-likeness (QED) is 0.741. The summed E-state index contributed by atoms with van der Waals surface area (Å²) in [5, 5.41) is 6.24. The van der Waals surface area contributed by atoms with Crippen molar-refractivity contribution in [2.24, 2.45) is 0 Å². The van der Waals surface area contributed by atoms with E-state index in [0.717, 1.165) is 39.0 Å². The molecule has 1 rings (SSSR count). The van der Waals surface area contributed by atoms with Crippen LogP contribution < -0.4 is 10.6 Å². The molecule has 2 N–H and O–H groups in total. The van der Waals surface area contributed by atoms with Crippen LogP contribution in [0.3, 0.4) is 0 Å². The maximum absolute atomic E-state index is 11.5. The van der Waals surface area contributed by atoms with Crippen LogP contribution in [0.25, 0.3) is 0 Å². The van der Waals surface area contributed by atoms with Crippen LogP contribution in [0.1, 0.15) is 46.5 Å². The van der Waals surface area contributed by atoms with Gasteiger partial charge in [0.2, 0.25) is 5.91 Å². The average molecular weight is 242 g/mol. The van der Waals surface area contributed by atoms with E-state index >= 15 is 0 Å². The lowest BCUT2D eigenvalue weighted by Crippen LogP contribution is -2.38. The Kier molecular flexibility index (Phi) is 5.92. The highest BCUT2D eigenvalue weighted by molar-refractivity contribution is 5.76. The maximum atomic E-state index is 11.5. The lowest BCUT2D eigenvalue weighted by Gasteiger charge is -2.20. The number of carbonyl (C=O) groups is 1. The largest absolute Gasteiger partial charge is 0.378 e. The van der Waals surface area contributed by atoms with Gasteiger partial charge in [0.1, 0.15) is 0 Å². The molecule has 0 saturated carbocycles. The summed E-state index contributed by atoms with van der Waals surface area (Å²) < 4.78 is 5.50. The van der Waals surface area contributed by atoms with Gasteiger partial charge in [0.15, 0.2) is 0 Å². The zero-order valence-corrected chi connectivity index (χ0v) is 11.3. The van der Waals surface area contributed by atoms with Gasteiger partial charge >= 0.3 is 0 Å². The Hall–Kier alpha value is -0.610. The van der Waals surface area contributed by atoms with Crippen molar-refractivity contribution in [1.29, 1.82) is 0 Å². The molecule has 0 aromatic rings. The average Bonchev–Trinajstić information content (AvgIpc) is 2.68. The SMILES string of the molecule is CC(C)(C)NCCC(=O)NCCC1CCCO1. The van der Waals surface area contributed by atoms with Crippen molar-refractivity contribution in [3.05, 3.63) is 0 Å². The van der Waals surface area contributed by atoms with Gasteiger partial charge in [-0.05, 0) is 40.0 Å². The fraction of sp³-hybridized carbons (Fsp3) is 0.923. The Labute approximate surface area is 104 Å². The van der Waals surface area contributed by atoms with E-state index in [1.807, 2.05) is 0 Å². The third kappa shape index (κ3) is 7.34. The van der Waals surface area contributed by atoms with Gasteiger partial charge in [-0.1, -0.05) is 0 Å². The van der Waals surface area contributed by atoms with E-state index in [1.54, 1.807) is 0 Å². The normalized spacial score (nSPS) is 20.5. The molecule has 0 radical (unpaired) electrons. The second kappa shape index (κ2) is 6.97. The molecule has 0 spiro atoms. The van der Waals surface area contributed by atoms with Crippen molar-refractivity contribution in [3.63, 3.8) is 0 Å². The van der Waals surface area contributed by atoms with Gasteiger partial charge in [-0.15, -0.1) is 0 Å². The van der Waals surface area contributed by atoms with Crippen LogP contribution >= 0.6 is 0 Å². The standard InChI is InChI=1S/C13H26N2O2/c1-13(2,3)15-9-7-12(16)14-8-6-11-5-4-10-17-11/h11,15H,4-10H2,1-3H3,(H,14,16). The lowest BCUT2D eigenvalue weighted by molar-refractivity contribution is -0.121. The summed E-state index contributed by atoms with van der Waals surface area (Å²) in [4.78, 5) is 11.5. The molecule has 0 aliphatic carbocycles. The third-order valence-electron chi connectivity index (χ3n) is 2.82. The lowest BCUT2D eigenvalue weighted by atomic mass is 10.1. The van der Waals surface area contributed by atoms with Crippen LogP contribution in [-0.2, 0) is 9.53 Å². The molecule has 0 aromatic carbocycles. The van der Waals surface area contributed by atoms with E-state index in [1.165, 1.54) is 0 Å². The van der Waals surface area contributed by atoms with Crippen LogP contribution in [0.2, 0.25) is 0 Å². The molecule has 0 aromatic heterocycles. The first-order valence-electron chi connectivity index (χ1n) is 6.61. The van der Waals surface area contributed by atoms with E-state index in [2.05, 4.69) is 31.4 Å². The summed E-state index contributed by atoms with van der Waals surface area (Å²) in [6.07, 6.45) is 4.15. The van der Waals surface area contributed by atoms with Crippen LogP contribution in [-0.4, -0.2) is 37.2 Å². The fourth-order valence-corrected chi connectivity index (χ4v) is 1.88. The monoisotopic (exact) mass is 242 g/mol. The summed E-state index contributed by atoms with van der Waals surface area (Å²) in [5.74, 6) is 0.125. The highest BCUT2D eigenvalue weighted by Crippen LogP contribution is 2.14. The van der Waals surface area contributed by atoms with Gasteiger partial charge in [-0.2, -0.15) is 0 Å². The van der Waals surface area contributed by atoms with Crippen LogP contribution in [0, 0.1) is 0 Å². The molecule has 1 saturated heterocycles. The van der Waals surface area contributed by atoms with E-state index in [0.29, 0.717) is 12.5 Å². The van der Waals surface area contributed by atoms with E-state index in [-0.39, 0.29) is 11.4 Å². The smallest absolute Gasteiger partial charge is 0.221 e. The third-order valence-corrected chi connectivity index (χ3v) is 2.82. The predicted molar refractivity (Wildman–Crippen MR) is 69.0 cm³/mol. The molecule has 1 atom stereocenters. The first kappa shape index (κ1) is 14.5. The highest BCUT2D eigenvalue weighted by Gasteiger charge is 2.15. The zero-order chi connectivity index (χ0) is 12.7. The summed E-state index contributed by atoms with van der Waals surface area (Å²) in [5.41, 5.74) is 0.0813. The van der Waals surface area contributed by atoms with E-state index in [4.69, 9.17) is 4.74 Å². The molecule has 1 amide bonds. The molecule has 1 aliphatic heterocycles. The molecule has 1 unspecified atom stereocenters. The first-order valence-corrected chi connectivity index (χ1v) is 6.61. The molecule has 4 nitrogen and oxygen atoms in total. The second-order valence-corrected chi connectivity index (χ2v) is 5.70. The number of hydrogen-bond donors (Lipinski definition) is 2. The molecule has 1 fully saturated rings. The fourth-order valence-electron chi connectivity index (χ4n) is 1.88. The Morgan fingerprint density at radius 3 is 2.71 bits per heavy atom. The summed E-state index contributed by atoms with van der Waals surface area (Å²) in [6, 6.07) is 0. The van der Waals surface area contributed by atoms with Gasteiger partial charge in [0.05, 0.1) is 6.10 Å². The summed E-state index contributed by atoms with van der Waals surface area (Å²) in [6.45, 7) is 8.65. The molecule has 1 heterocycles. The van der Waals surface area contributed by atoms with Crippen molar-refractivity contribution in [3.8, 4) is 0 Å². The first-order chi connectivity index (χ1) is 7.97. The molecule has 4 heteroatoms. The second-order valence-electron chi connectivity index (χ2n) is 5.70. The number of ether oxygens (including phenoxy) is 1. The predicted octanol–water partition coefficient (Wildman–Crippen LogP) is 1.45. The topological polar surface area (TPSA) is 50.4 Å². The molecule has 17 heavy (non-hydrogen) atoms. The summed E-state index contributed by atoms with van der Waals surface area (Å²) in [7, 11) is 0. The van der Waals surface area contributed by atoms with Gasteiger partial charge in [-0.25, -0.2) is 0 Å². The van der Waals surface area contributed by atoms with Gasteiger partial charge in [0.25, 0.3) is 0 Å². The maximum Gasteiger partial charge on any atom is 0.221 e. The van der Waals surface area contributed by atoms with Crippen LogP contribution in [0.5, 0.6) is 0 Å². The number of nitrogens with one attached hydrogen (secondary N) is 2. The molecule has 100 valence electrons. The highest BCUT2D eigenvalue weighted by atomic mass is 16.5.